The van der Waals surface area contributed by atoms with Gasteiger partial charge >= 0.3 is 0 Å². The van der Waals surface area contributed by atoms with Crippen molar-refractivity contribution in [3.63, 3.8) is 0 Å². The molecule has 1 atom stereocenters. The van der Waals surface area contributed by atoms with Crippen molar-refractivity contribution in [2.45, 2.75) is 26.9 Å². The maximum Gasteiger partial charge on any atom is 0.144 e. The molecule has 2 aliphatic rings. The number of nitrogens with one attached hydrogen (secondary N) is 1. The van der Waals surface area contributed by atoms with Gasteiger partial charge in [0.05, 0.1) is 13.2 Å². The number of morpholine rings is 1. The third kappa shape index (κ3) is 1.95. The van der Waals surface area contributed by atoms with Crippen molar-refractivity contribution in [2.24, 2.45) is 4.99 Å². The van der Waals surface area contributed by atoms with E-state index in [1.807, 2.05) is 20.8 Å². The summed E-state index contributed by atoms with van der Waals surface area (Å²) in [6, 6.07) is 0. The quantitative estimate of drug-likeness (QED) is 0.580. The highest BCUT2D eigenvalue weighted by molar-refractivity contribution is 5.80. The minimum absolute atomic E-state index is 0.230. The van der Waals surface area contributed by atoms with Crippen LogP contribution in [0.3, 0.4) is 0 Å². The fourth-order valence-electron chi connectivity index (χ4n) is 1.29. The summed E-state index contributed by atoms with van der Waals surface area (Å²) >= 11 is 0. The minimum atomic E-state index is 0.230. The molecule has 1 fully saturated rings. The number of hydrogen-bond acceptors (Lipinski definition) is 4. The molecule has 0 spiro atoms. The zero-order valence-electron chi connectivity index (χ0n) is 8.00. The van der Waals surface area contributed by atoms with Crippen molar-refractivity contribution in [1.82, 2.24) is 10.4 Å². The standard InChI is InChI=1S/C6H11N3O.C2H6/c1-5-7-6-4-10-3-2-9(6)8-5;1-2/h6H,2-4H2,1H3,(H,7,8);1-2H3. The van der Waals surface area contributed by atoms with Crippen LogP contribution in [0.1, 0.15) is 20.8 Å². The molecular weight excluding hydrogens is 154 g/mol. The number of nitrogens with zero attached hydrogens (tertiary/aromatic N) is 2. The zero-order chi connectivity index (χ0) is 8.97. The van der Waals surface area contributed by atoms with E-state index in [4.69, 9.17) is 4.74 Å². The highest BCUT2D eigenvalue weighted by atomic mass is 16.5. The molecular formula is C8H17N3O. The van der Waals surface area contributed by atoms with E-state index in [1.54, 1.807) is 0 Å². The summed E-state index contributed by atoms with van der Waals surface area (Å²) in [5.74, 6) is 0.996. The van der Waals surface area contributed by atoms with Gasteiger partial charge in [-0.1, -0.05) is 13.8 Å². The molecule has 1 N–H and O–H groups in total. The van der Waals surface area contributed by atoms with Crippen molar-refractivity contribution >= 4 is 5.84 Å². The molecule has 0 aromatic rings. The molecule has 70 valence electrons. The number of hydrazine groups is 1. The lowest BCUT2D eigenvalue weighted by molar-refractivity contribution is -0.00817. The summed E-state index contributed by atoms with van der Waals surface area (Å²) in [5, 5.41) is 2.11. The first-order valence-corrected chi connectivity index (χ1v) is 4.52. The van der Waals surface area contributed by atoms with Crippen molar-refractivity contribution in [2.75, 3.05) is 19.8 Å². The number of ether oxygens (including phenoxy) is 1. The molecule has 0 aliphatic carbocycles. The smallest absolute Gasteiger partial charge is 0.144 e. The third-order valence-corrected chi connectivity index (χ3v) is 1.75. The Bertz CT molecular complexity index is 170. The lowest BCUT2D eigenvalue weighted by Gasteiger charge is -2.27. The largest absolute Gasteiger partial charge is 0.376 e. The van der Waals surface area contributed by atoms with Gasteiger partial charge in [-0.15, -0.1) is 0 Å². The number of amidine groups is 1. The lowest BCUT2D eigenvalue weighted by Crippen LogP contribution is -2.47. The highest BCUT2D eigenvalue weighted by Gasteiger charge is 2.26. The molecule has 1 saturated heterocycles. The van der Waals surface area contributed by atoms with Crippen LogP contribution in [-0.2, 0) is 4.74 Å². The van der Waals surface area contributed by atoms with Crippen molar-refractivity contribution in [3.05, 3.63) is 0 Å². The molecule has 0 aromatic heterocycles. The van der Waals surface area contributed by atoms with Gasteiger partial charge in [-0.3, -0.25) is 0 Å². The zero-order valence-corrected chi connectivity index (χ0v) is 8.00. The van der Waals surface area contributed by atoms with E-state index in [-0.39, 0.29) is 6.17 Å². The van der Waals surface area contributed by atoms with Crippen LogP contribution < -0.4 is 5.43 Å². The SMILES string of the molecule is CC.CC1=NC2COCCN2N1. The second-order valence-electron chi connectivity index (χ2n) is 2.58. The Morgan fingerprint density at radius 2 is 2.33 bits per heavy atom. The van der Waals surface area contributed by atoms with Crippen molar-refractivity contribution in [3.8, 4) is 0 Å². The second kappa shape index (κ2) is 4.42. The molecule has 0 saturated carbocycles. The third-order valence-electron chi connectivity index (χ3n) is 1.75. The molecule has 1 unspecified atom stereocenters. The van der Waals surface area contributed by atoms with Crippen LogP contribution in [0.2, 0.25) is 0 Å². The summed E-state index contributed by atoms with van der Waals surface area (Å²) in [5.41, 5.74) is 3.16. The van der Waals surface area contributed by atoms with Crippen LogP contribution in [0, 0.1) is 0 Å². The van der Waals surface area contributed by atoms with E-state index >= 15 is 0 Å². The van der Waals surface area contributed by atoms with E-state index in [0.29, 0.717) is 0 Å². The second-order valence-corrected chi connectivity index (χ2v) is 2.58. The van der Waals surface area contributed by atoms with Gasteiger partial charge < -0.3 is 10.2 Å². The maximum atomic E-state index is 5.24. The van der Waals surface area contributed by atoms with Gasteiger partial charge in [0.1, 0.15) is 12.0 Å². The number of hydrogen-bond donors (Lipinski definition) is 1. The predicted octanol–water partition coefficient (Wildman–Crippen LogP) is 0.607. The van der Waals surface area contributed by atoms with Gasteiger partial charge in [0.15, 0.2) is 0 Å². The van der Waals surface area contributed by atoms with Crippen molar-refractivity contribution < 1.29 is 4.74 Å². The Hall–Kier alpha value is -0.610. The minimum Gasteiger partial charge on any atom is -0.376 e. The molecule has 0 aromatic carbocycles. The average molecular weight is 171 g/mol. The molecule has 0 amide bonds. The predicted molar refractivity (Wildman–Crippen MR) is 48.9 cm³/mol. The molecule has 0 radical (unpaired) electrons. The monoisotopic (exact) mass is 171 g/mol. The number of fused-ring (bicyclic) bond motifs is 1. The summed E-state index contributed by atoms with van der Waals surface area (Å²) in [6.45, 7) is 8.44. The van der Waals surface area contributed by atoms with Gasteiger partial charge in [0.2, 0.25) is 0 Å². The summed E-state index contributed by atoms with van der Waals surface area (Å²) in [7, 11) is 0. The van der Waals surface area contributed by atoms with E-state index in [2.05, 4.69) is 15.4 Å². The van der Waals surface area contributed by atoms with Crippen LogP contribution in [0.25, 0.3) is 0 Å². The lowest BCUT2D eigenvalue weighted by atomic mass is 10.4. The Labute approximate surface area is 73.6 Å². The fourth-order valence-corrected chi connectivity index (χ4v) is 1.29. The highest BCUT2D eigenvalue weighted by Crippen LogP contribution is 2.09. The normalized spacial score (nSPS) is 27.9. The van der Waals surface area contributed by atoms with Gasteiger partial charge in [-0.2, -0.15) is 5.01 Å². The van der Waals surface area contributed by atoms with E-state index in [1.165, 1.54) is 0 Å². The van der Waals surface area contributed by atoms with Crippen LogP contribution in [0.5, 0.6) is 0 Å². The number of aliphatic imine (C=N–C) groups is 1. The molecule has 0 bridgehead atoms. The average Bonchev–Trinajstić information content (AvgIpc) is 2.48. The first-order chi connectivity index (χ1) is 5.86. The molecule has 4 heteroatoms. The Balaban J connectivity index is 0.000000336. The first-order valence-electron chi connectivity index (χ1n) is 4.52. The van der Waals surface area contributed by atoms with Gasteiger partial charge in [0.25, 0.3) is 0 Å². The summed E-state index contributed by atoms with van der Waals surface area (Å²) in [4.78, 5) is 4.32. The van der Waals surface area contributed by atoms with Crippen LogP contribution in [0.15, 0.2) is 4.99 Å². The van der Waals surface area contributed by atoms with Gasteiger partial charge in [0, 0.05) is 6.54 Å². The molecule has 2 aliphatic heterocycles. The van der Waals surface area contributed by atoms with Gasteiger partial charge in [-0.05, 0) is 6.92 Å². The molecule has 2 rings (SSSR count). The topological polar surface area (TPSA) is 36.9 Å². The molecule has 2 heterocycles. The van der Waals surface area contributed by atoms with Crippen LogP contribution in [-0.4, -0.2) is 36.8 Å². The van der Waals surface area contributed by atoms with Crippen molar-refractivity contribution in [1.29, 1.82) is 0 Å². The number of rotatable bonds is 0. The van der Waals surface area contributed by atoms with Gasteiger partial charge in [-0.25, -0.2) is 4.99 Å². The van der Waals surface area contributed by atoms with E-state index in [9.17, 15) is 0 Å². The van der Waals surface area contributed by atoms with Crippen LogP contribution in [0.4, 0.5) is 0 Å². The van der Waals surface area contributed by atoms with Crippen LogP contribution >= 0.6 is 0 Å². The Morgan fingerprint density at radius 3 is 3.00 bits per heavy atom. The molecule has 12 heavy (non-hydrogen) atoms. The first kappa shape index (κ1) is 9.48. The Kier molecular flexibility index (Phi) is 3.49. The Morgan fingerprint density at radius 1 is 1.58 bits per heavy atom. The fraction of sp³-hybridized carbons (Fsp3) is 0.875. The summed E-state index contributed by atoms with van der Waals surface area (Å²) in [6.07, 6.45) is 0.230. The van der Waals surface area contributed by atoms with E-state index < -0.39 is 0 Å². The van der Waals surface area contributed by atoms with E-state index in [0.717, 1.165) is 25.6 Å². The maximum absolute atomic E-state index is 5.24. The summed E-state index contributed by atoms with van der Waals surface area (Å²) < 4.78 is 5.24. The molecule has 4 nitrogen and oxygen atoms in total.